The van der Waals surface area contributed by atoms with Gasteiger partial charge in [0.05, 0.1) is 0 Å². The molecule has 4 rings (SSSR count). The summed E-state index contributed by atoms with van der Waals surface area (Å²) in [5.41, 5.74) is 0.922. The summed E-state index contributed by atoms with van der Waals surface area (Å²) in [6.07, 6.45) is 12.6. The zero-order valence-corrected chi connectivity index (χ0v) is 12.6. The van der Waals surface area contributed by atoms with Gasteiger partial charge in [-0.1, -0.05) is 54.6 Å². The van der Waals surface area contributed by atoms with Crippen LogP contribution in [0.25, 0.3) is 16.8 Å². The van der Waals surface area contributed by atoms with Crippen LogP contribution < -0.4 is 5.32 Å². The minimum Gasteiger partial charge on any atom is -0.507 e. The molecule has 2 nitrogen and oxygen atoms in total. The molecule has 2 heteroatoms. The van der Waals surface area contributed by atoms with Gasteiger partial charge >= 0.3 is 0 Å². The monoisotopic (exact) mass is 291 g/mol. The van der Waals surface area contributed by atoms with E-state index in [1.807, 2.05) is 18.2 Å². The zero-order chi connectivity index (χ0) is 14.9. The number of benzene rings is 2. The van der Waals surface area contributed by atoms with Crippen LogP contribution in [0, 0.1) is 5.92 Å². The molecule has 2 aromatic carbocycles. The van der Waals surface area contributed by atoms with Crippen LogP contribution in [0.1, 0.15) is 24.8 Å². The van der Waals surface area contributed by atoms with E-state index < -0.39 is 0 Å². The lowest BCUT2D eigenvalue weighted by Gasteiger charge is -2.19. The smallest absolute Gasteiger partial charge is 0.123 e. The number of allylic oxidation sites excluding steroid dienone is 1. The van der Waals surface area contributed by atoms with Gasteiger partial charge in [0.2, 0.25) is 0 Å². The molecule has 0 aromatic heterocycles. The van der Waals surface area contributed by atoms with Crippen molar-refractivity contribution in [3.05, 3.63) is 60.2 Å². The van der Waals surface area contributed by atoms with Crippen molar-refractivity contribution in [1.82, 2.24) is 5.32 Å². The summed E-state index contributed by atoms with van der Waals surface area (Å²) in [6, 6.07) is 13.0. The maximum absolute atomic E-state index is 10.2. The molecule has 3 unspecified atom stereocenters. The fourth-order valence-corrected chi connectivity index (χ4v) is 3.79. The number of hydrogen-bond acceptors (Lipinski definition) is 2. The molecule has 0 bridgehead atoms. The number of hydrogen-bond donors (Lipinski definition) is 2. The second-order valence-corrected chi connectivity index (χ2v) is 6.36. The zero-order valence-electron chi connectivity index (χ0n) is 12.6. The third-order valence-electron chi connectivity index (χ3n) is 4.94. The Morgan fingerprint density at radius 3 is 2.95 bits per heavy atom. The van der Waals surface area contributed by atoms with Crippen LogP contribution in [0.3, 0.4) is 0 Å². The summed E-state index contributed by atoms with van der Waals surface area (Å²) in [7, 11) is 0. The van der Waals surface area contributed by atoms with Gasteiger partial charge in [-0.2, -0.15) is 0 Å². The Morgan fingerprint density at radius 2 is 2.05 bits per heavy atom. The average molecular weight is 291 g/mol. The number of aromatic hydroxyl groups is 1. The molecule has 3 atom stereocenters. The van der Waals surface area contributed by atoms with E-state index in [2.05, 4.69) is 41.8 Å². The predicted octanol–water partition coefficient (Wildman–Crippen LogP) is 4.26. The molecule has 2 N–H and O–H groups in total. The van der Waals surface area contributed by atoms with Crippen molar-refractivity contribution in [1.29, 1.82) is 0 Å². The van der Waals surface area contributed by atoms with Crippen molar-refractivity contribution in [2.45, 2.75) is 31.3 Å². The number of rotatable bonds is 2. The second-order valence-electron chi connectivity index (χ2n) is 6.36. The predicted molar refractivity (Wildman–Crippen MR) is 91.8 cm³/mol. The maximum Gasteiger partial charge on any atom is 0.123 e. The summed E-state index contributed by atoms with van der Waals surface area (Å²) in [5.74, 6) is 1.02. The van der Waals surface area contributed by atoms with Gasteiger partial charge in [0, 0.05) is 17.6 Å². The van der Waals surface area contributed by atoms with E-state index in [4.69, 9.17) is 0 Å². The molecule has 2 aromatic rings. The van der Waals surface area contributed by atoms with Crippen LogP contribution in [0.5, 0.6) is 5.75 Å². The third kappa shape index (κ3) is 2.44. The highest BCUT2D eigenvalue weighted by atomic mass is 16.3. The molecular formula is C20H21NO. The molecule has 1 fully saturated rings. The van der Waals surface area contributed by atoms with Crippen LogP contribution >= 0.6 is 0 Å². The number of nitrogens with one attached hydrogen (secondary N) is 1. The molecule has 112 valence electrons. The summed E-state index contributed by atoms with van der Waals surface area (Å²) in [6.45, 7) is 0. The van der Waals surface area contributed by atoms with E-state index in [9.17, 15) is 5.11 Å². The van der Waals surface area contributed by atoms with Crippen LogP contribution in [0.4, 0.5) is 0 Å². The fourth-order valence-electron chi connectivity index (χ4n) is 3.79. The SMILES string of the molecule is Oc1ccc2ccccc2c1/C=C\C1CC2C=CCCC2N1. The van der Waals surface area contributed by atoms with Gasteiger partial charge in [0.1, 0.15) is 5.75 Å². The number of phenols is 1. The van der Waals surface area contributed by atoms with Gasteiger partial charge < -0.3 is 10.4 Å². The first-order valence-corrected chi connectivity index (χ1v) is 8.13. The molecule has 0 amide bonds. The Kier molecular flexibility index (Phi) is 3.47. The van der Waals surface area contributed by atoms with Crippen molar-refractivity contribution < 1.29 is 5.11 Å². The van der Waals surface area contributed by atoms with E-state index in [-0.39, 0.29) is 0 Å². The van der Waals surface area contributed by atoms with E-state index in [1.54, 1.807) is 6.07 Å². The van der Waals surface area contributed by atoms with Crippen molar-refractivity contribution in [2.24, 2.45) is 5.92 Å². The maximum atomic E-state index is 10.2. The molecule has 1 saturated heterocycles. The van der Waals surface area contributed by atoms with E-state index >= 15 is 0 Å². The van der Waals surface area contributed by atoms with Gasteiger partial charge in [0.15, 0.2) is 0 Å². The molecule has 0 radical (unpaired) electrons. The minimum atomic E-state index is 0.352. The van der Waals surface area contributed by atoms with Crippen molar-refractivity contribution in [3.63, 3.8) is 0 Å². The highest BCUT2D eigenvalue weighted by Crippen LogP contribution is 2.31. The lowest BCUT2D eigenvalue weighted by atomic mass is 9.91. The highest BCUT2D eigenvalue weighted by Gasteiger charge is 2.31. The van der Waals surface area contributed by atoms with Crippen LogP contribution in [0.2, 0.25) is 0 Å². The molecule has 0 saturated carbocycles. The van der Waals surface area contributed by atoms with Crippen molar-refractivity contribution in [2.75, 3.05) is 0 Å². The molecule has 0 spiro atoms. The Labute approximate surface area is 131 Å². The molecule has 1 aliphatic carbocycles. The molecule has 22 heavy (non-hydrogen) atoms. The fraction of sp³-hybridized carbons (Fsp3) is 0.300. The Balaban J connectivity index is 1.61. The lowest BCUT2D eigenvalue weighted by Crippen LogP contribution is -2.31. The summed E-state index contributed by atoms with van der Waals surface area (Å²) >= 11 is 0. The van der Waals surface area contributed by atoms with Crippen LogP contribution in [-0.2, 0) is 0 Å². The molecule has 1 aliphatic heterocycles. The standard InChI is InChI=1S/C20H21NO/c22-20-12-9-14-5-1-3-7-17(14)18(20)11-10-16-13-15-6-2-4-8-19(15)21-16/h1-3,5-7,9-12,15-16,19,21-22H,4,8,13H2/b11-10-. The largest absolute Gasteiger partial charge is 0.507 e. The van der Waals surface area contributed by atoms with E-state index in [0.717, 1.165) is 22.8 Å². The quantitative estimate of drug-likeness (QED) is 0.811. The minimum absolute atomic E-state index is 0.352. The van der Waals surface area contributed by atoms with Gasteiger partial charge in [-0.15, -0.1) is 0 Å². The summed E-state index contributed by atoms with van der Waals surface area (Å²) in [5, 5.41) is 16.2. The first kappa shape index (κ1) is 13.6. The average Bonchev–Trinajstić information content (AvgIpc) is 2.97. The topological polar surface area (TPSA) is 32.3 Å². The summed E-state index contributed by atoms with van der Waals surface area (Å²) in [4.78, 5) is 0. The Hall–Kier alpha value is -2.06. The number of phenolic OH excluding ortho intramolecular Hbond substituents is 1. The van der Waals surface area contributed by atoms with Crippen LogP contribution in [-0.4, -0.2) is 17.2 Å². The van der Waals surface area contributed by atoms with Gasteiger partial charge in [-0.3, -0.25) is 0 Å². The second kappa shape index (κ2) is 5.62. The van der Waals surface area contributed by atoms with Crippen LogP contribution in [0.15, 0.2) is 54.6 Å². The Bertz CT molecular complexity index is 746. The molecule has 2 aliphatic rings. The van der Waals surface area contributed by atoms with E-state index in [1.165, 1.54) is 12.8 Å². The third-order valence-corrected chi connectivity index (χ3v) is 4.94. The Morgan fingerprint density at radius 1 is 1.14 bits per heavy atom. The van der Waals surface area contributed by atoms with Crippen molar-refractivity contribution in [3.8, 4) is 5.75 Å². The first-order valence-electron chi connectivity index (χ1n) is 8.13. The molecular weight excluding hydrogens is 270 g/mol. The van der Waals surface area contributed by atoms with Gasteiger partial charge in [0.25, 0.3) is 0 Å². The van der Waals surface area contributed by atoms with Gasteiger partial charge in [-0.05, 0) is 42.0 Å². The lowest BCUT2D eigenvalue weighted by molar-refractivity contribution is 0.470. The highest BCUT2D eigenvalue weighted by molar-refractivity contribution is 5.93. The normalized spacial score (nSPS) is 27.5. The van der Waals surface area contributed by atoms with Crippen molar-refractivity contribution >= 4 is 16.8 Å². The summed E-state index contributed by atoms with van der Waals surface area (Å²) < 4.78 is 0. The molecule has 1 heterocycles. The first-order chi connectivity index (χ1) is 10.8. The number of fused-ring (bicyclic) bond motifs is 2. The van der Waals surface area contributed by atoms with Gasteiger partial charge in [-0.25, -0.2) is 0 Å². The van der Waals surface area contributed by atoms with E-state index in [0.29, 0.717) is 23.8 Å².